The summed E-state index contributed by atoms with van der Waals surface area (Å²) >= 11 is 0. The summed E-state index contributed by atoms with van der Waals surface area (Å²) in [6, 6.07) is 6.03. The van der Waals surface area contributed by atoms with Crippen LogP contribution in [-0.4, -0.2) is 37.1 Å². The van der Waals surface area contributed by atoms with E-state index in [1.807, 2.05) is 13.8 Å². The fourth-order valence-corrected chi connectivity index (χ4v) is 1.53. The van der Waals surface area contributed by atoms with Crippen molar-refractivity contribution >= 4 is 5.91 Å². The molecule has 0 saturated carbocycles. The Labute approximate surface area is 101 Å². The van der Waals surface area contributed by atoms with Gasteiger partial charge in [-0.3, -0.25) is 4.79 Å². The number of carbonyl (C=O) groups excluding carboxylic acids is 1. The van der Waals surface area contributed by atoms with Gasteiger partial charge in [-0.05, 0) is 26.0 Å². The molecule has 1 aromatic rings. The second-order valence-corrected chi connectivity index (χ2v) is 3.56. The van der Waals surface area contributed by atoms with Gasteiger partial charge in [-0.15, -0.1) is 0 Å². The molecule has 0 aliphatic carbocycles. The maximum absolute atomic E-state index is 13.4. The van der Waals surface area contributed by atoms with E-state index < -0.39 is 5.82 Å². The van der Waals surface area contributed by atoms with Gasteiger partial charge < -0.3 is 9.64 Å². The van der Waals surface area contributed by atoms with E-state index in [1.165, 1.54) is 12.1 Å². The van der Waals surface area contributed by atoms with Crippen molar-refractivity contribution in [3.63, 3.8) is 0 Å². The fraction of sp³-hybridized carbons (Fsp3) is 0.462. The molecule has 3 nitrogen and oxygen atoms in total. The molecular weight excluding hydrogens is 221 g/mol. The topological polar surface area (TPSA) is 29.5 Å². The Morgan fingerprint density at radius 3 is 2.65 bits per heavy atom. The Morgan fingerprint density at radius 1 is 1.35 bits per heavy atom. The molecule has 0 heterocycles. The molecule has 0 atom stereocenters. The zero-order chi connectivity index (χ0) is 12.7. The van der Waals surface area contributed by atoms with Crippen molar-refractivity contribution in [1.82, 2.24) is 4.90 Å². The number of likely N-dealkylation sites (N-methyl/N-ethyl adjacent to an activating group) is 1. The van der Waals surface area contributed by atoms with Gasteiger partial charge in [-0.25, -0.2) is 4.39 Å². The maximum atomic E-state index is 13.4. The molecule has 0 aliphatic rings. The zero-order valence-electron chi connectivity index (χ0n) is 10.3. The van der Waals surface area contributed by atoms with Crippen LogP contribution in [0.25, 0.3) is 0 Å². The van der Waals surface area contributed by atoms with Gasteiger partial charge in [-0.2, -0.15) is 0 Å². The minimum atomic E-state index is -0.479. The second kappa shape index (κ2) is 7.01. The van der Waals surface area contributed by atoms with Gasteiger partial charge >= 0.3 is 0 Å². The molecular formula is C13H18FNO2. The van der Waals surface area contributed by atoms with E-state index in [0.717, 1.165) is 0 Å². The summed E-state index contributed by atoms with van der Waals surface area (Å²) in [6.45, 7) is 5.88. The van der Waals surface area contributed by atoms with Crippen LogP contribution in [0.15, 0.2) is 24.3 Å². The van der Waals surface area contributed by atoms with Crippen LogP contribution in [0.2, 0.25) is 0 Å². The lowest BCUT2D eigenvalue weighted by Crippen LogP contribution is -2.34. The Bertz CT molecular complexity index is 368. The molecule has 0 bridgehead atoms. The molecule has 0 radical (unpaired) electrons. The SMILES string of the molecule is CCOCCN(CC)C(=O)c1ccccc1F. The normalized spacial score (nSPS) is 10.3. The molecule has 0 spiro atoms. The average molecular weight is 239 g/mol. The highest BCUT2D eigenvalue weighted by Crippen LogP contribution is 2.09. The summed E-state index contributed by atoms with van der Waals surface area (Å²) in [4.78, 5) is 13.6. The molecule has 17 heavy (non-hydrogen) atoms. The van der Waals surface area contributed by atoms with E-state index >= 15 is 0 Å². The first-order chi connectivity index (χ1) is 8.20. The number of ether oxygens (including phenoxy) is 1. The quantitative estimate of drug-likeness (QED) is 0.713. The maximum Gasteiger partial charge on any atom is 0.256 e. The van der Waals surface area contributed by atoms with Crippen LogP contribution < -0.4 is 0 Å². The predicted molar refractivity (Wildman–Crippen MR) is 64.5 cm³/mol. The van der Waals surface area contributed by atoms with Crippen LogP contribution in [-0.2, 0) is 4.74 Å². The van der Waals surface area contributed by atoms with Crippen LogP contribution in [0.1, 0.15) is 24.2 Å². The number of benzene rings is 1. The van der Waals surface area contributed by atoms with Crippen molar-refractivity contribution < 1.29 is 13.9 Å². The largest absolute Gasteiger partial charge is 0.380 e. The highest BCUT2D eigenvalue weighted by molar-refractivity contribution is 5.94. The molecule has 0 aliphatic heterocycles. The van der Waals surface area contributed by atoms with E-state index in [0.29, 0.717) is 26.3 Å². The average Bonchev–Trinajstić information content (AvgIpc) is 2.35. The van der Waals surface area contributed by atoms with Gasteiger partial charge in [0.25, 0.3) is 5.91 Å². The monoisotopic (exact) mass is 239 g/mol. The number of nitrogens with zero attached hydrogens (tertiary/aromatic N) is 1. The van der Waals surface area contributed by atoms with Crippen molar-refractivity contribution in [3.8, 4) is 0 Å². The Hall–Kier alpha value is -1.42. The number of amides is 1. The predicted octanol–water partition coefficient (Wildman–Crippen LogP) is 2.32. The third-order valence-electron chi connectivity index (χ3n) is 2.48. The molecule has 0 saturated heterocycles. The number of rotatable bonds is 6. The van der Waals surface area contributed by atoms with Crippen molar-refractivity contribution in [2.75, 3.05) is 26.3 Å². The minimum Gasteiger partial charge on any atom is -0.380 e. The lowest BCUT2D eigenvalue weighted by molar-refractivity contribution is 0.0665. The Balaban J connectivity index is 2.69. The molecule has 1 amide bonds. The molecule has 0 aromatic heterocycles. The van der Waals surface area contributed by atoms with Gasteiger partial charge in [0.1, 0.15) is 5.82 Å². The molecule has 0 N–H and O–H groups in total. The first-order valence-corrected chi connectivity index (χ1v) is 5.82. The van der Waals surface area contributed by atoms with Crippen molar-refractivity contribution in [1.29, 1.82) is 0 Å². The first kappa shape index (κ1) is 13.6. The second-order valence-electron chi connectivity index (χ2n) is 3.56. The molecule has 0 unspecified atom stereocenters. The number of hydrogen-bond acceptors (Lipinski definition) is 2. The number of carbonyl (C=O) groups is 1. The fourth-order valence-electron chi connectivity index (χ4n) is 1.53. The van der Waals surface area contributed by atoms with E-state index in [9.17, 15) is 9.18 Å². The number of halogens is 1. The van der Waals surface area contributed by atoms with Crippen molar-refractivity contribution in [2.45, 2.75) is 13.8 Å². The van der Waals surface area contributed by atoms with Crippen LogP contribution in [0.4, 0.5) is 4.39 Å². The lowest BCUT2D eigenvalue weighted by atomic mass is 10.2. The molecule has 94 valence electrons. The van der Waals surface area contributed by atoms with Gasteiger partial charge in [0.2, 0.25) is 0 Å². The van der Waals surface area contributed by atoms with E-state index in [4.69, 9.17) is 4.74 Å². The molecule has 1 aromatic carbocycles. The molecule has 1 rings (SSSR count). The van der Waals surface area contributed by atoms with E-state index in [1.54, 1.807) is 17.0 Å². The van der Waals surface area contributed by atoms with Gasteiger partial charge in [0.15, 0.2) is 0 Å². The Morgan fingerprint density at radius 2 is 2.06 bits per heavy atom. The van der Waals surface area contributed by atoms with Crippen LogP contribution in [0.3, 0.4) is 0 Å². The lowest BCUT2D eigenvalue weighted by Gasteiger charge is -2.20. The molecule has 4 heteroatoms. The highest BCUT2D eigenvalue weighted by Gasteiger charge is 2.16. The van der Waals surface area contributed by atoms with Crippen LogP contribution in [0.5, 0.6) is 0 Å². The van der Waals surface area contributed by atoms with Crippen molar-refractivity contribution in [2.24, 2.45) is 0 Å². The minimum absolute atomic E-state index is 0.117. The summed E-state index contributed by atoms with van der Waals surface area (Å²) in [5.74, 6) is -0.766. The van der Waals surface area contributed by atoms with Crippen molar-refractivity contribution in [3.05, 3.63) is 35.6 Å². The van der Waals surface area contributed by atoms with Gasteiger partial charge in [0.05, 0.1) is 12.2 Å². The summed E-state index contributed by atoms with van der Waals surface area (Å²) in [5.41, 5.74) is 0.117. The van der Waals surface area contributed by atoms with E-state index in [2.05, 4.69) is 0 Å². The highest BCUT2D eigenvalue weighted by atomic mass is 19.1. The first-order valence-electron chi connectivity index (χ1n) is 5.82. The Kier molecular flexibility index (Phi) is 5.63. The summed E-state index contributed by atoms with van der Waals surface area (Å²) in [6.07, 6.45) is 0. The smallest absolute Gasteiger partial charge is 0.256 e. The van der Waals surface area contributed by atoms with Gasteiger partial charge in [-0.1, -0.05) is 12.1 Å². The summed E-state index contributed by atoms with van der Waals surface area (Å²) < 4.78 is 18.6. The zero-order valence-corrected chi connectivity index (χ0v) is 10.3. The van der Waals surface area contributed by atoms with Crippen LogP contribution in [0, 0.1) is 5.82 Å². The third kappa shape index (κ3) is 3.82. The summed E-state index contributed by atoms with van der Waals surface area (Å²) in [5, 5.41) is 0. The molecule has 0 fully saturated rings. The van der Waals surface area contributed by atoms with Gasteiger partial charge in [0, 0.05) is 19.7 Å². The van der Waals surface area contributed by atoms with Crippen LogP contribution >= 0.6 is 0 Å². The summed E-state index contributed by atoms with van der Waals surface area (Å²) in [7, 11) is 0. The number of hydrogen-bond donors (Lipinski definition) is 0. The van der Waals surface area contributed by atoms with E-state index in [-0.39, 0.29) is 11.5 Å². The third-order valence-corrected chi connectivity index (χ3v) is 2.48. The standard InChI is InChI=1S/C13H18FNO2/c1-3-15(9-10-17-4-2)13(16)11-7-5-6-8-12(11)14/h5-8H,3-4,9-10H2,1-2H3.